The Labute approximate surface area is 195 Å². The molecule has 9 nitrogen and oxygen atoms in total. The third kappa shape index (κ3) is 5.51. The molecule has 0 fully saturated rings. The lowest BCUT2D eigenvalue weighted by atomic mass is 10.2. The molecule has 2 aromatic heterocycles. The van der Waals surface area contributed by atoms with Crippen molar-refractivity contribution in [3.05, 3.63) is 78.8 Å². The number of anilines is 1. The van der Waals surface area contributed by atoms with E-state index in [0.717, 1.165) is 11.3 Å². The molecule has 11 heteroatoms. The van der Waals surface area contributed by atoms with Crippen LogP contribution in [0.2, 0.25) is 0 Å². The van der Waals surface area contributed by atoms with Crippen LogP contribution < -0.4 is 10.5 Å². The van der Waals surface area contributed by atoms with E-state index in [1.54, 1.807) is 13.2 Å². The molecule has 3 N–H and O–H groups in total. The van der Waals surface area contributed by atoms with Gasteiger partial charge in [-0.2, -0.15) is 0 Å². The van der Waals surface area contributed by atoms with Crippen molar-refractivity contribution in [1.82, 2.24) is 14.8 Å². The summed E-state index contributed by atoms with van der Waals surface area (Å²) in [6.07, 6.45) is 1.60. The number of carbonyl (C=O) groups excluding carboxylic acids is 1. The minimum absolute atomic E-state index is 0.0256. The summed E-state index contributed by atoms with van der Waals surface area (Å²) in [7, 11) is -3.79. The number of nitrogens with zero attached hydrogens (tertiary/aromatic N) is 3. The predicted molar refractivity (Wildman–Crippen MR) is 125 cm³/mol. The van der Waals surface area contributed by atoms with Crippen molar-refractivity contribution in [2.45, 2.75) is 28.8 Å². The maximum atomic E-state index is 12.8. The summed E-state index contributed by atoms with van der Waals surface area (Å²) < 4.78 is 30.2. The number of hydrogen-bond acceptors (Lipinski definition) is 7. The number of nitrogens with two attached hydrogens (primary N) is 1. The Balaban J connectivity index is 1.53. The molecule has 4 rings (SSSR count). The number of benzene rings is 2. The predicted octanol–water partition coefficient (Wildman–Crippen LogP) is 3.35. The van der Waals surface area contributed by atoms with Gasteiger partial charge in [-0.25, -0.2) is 13.6 Å². The van der Waals surface area contributed by atoms with Gasteiger partial charge in [0.15, 0.2) is 11.0 Å². The molecule has 1 atom stereocenters. The summed E-state index contributed by atoms with van der Waals surface area (Å²) in [5.74, 6) is 1.14. The number of sulfonamides is 1. The number of nitrogens with one attached hydrogen (secondary N) is 1. The molecule has 2 heterocycles. The fourth-order valence-electron chi connectivity index (χ4n) is 3.06. The molecule has 4 aromatic rings. The zero-order chi connectivity index (χ0) is 23.4. The SMILES string of the molecule is C[C@@H](Sc1nnc(-c2ccccc2)n1Cc1ccco1)C(=O)Nc1ccc(S(N)(=O)=O)cc1. The average Bonchev–Trinajstić information content (AvgIpc) is 3.45. The topological polar surface area (TPSA) is 133 Å². The fraction of sp³-hybridized carbons (Fsp3) is 0.136. The van der Waals surface area contributed by atoms with Gasteiger partial charge in [0.2, 0.25) is 15.9 Å². The highest BCUT2D eigenvalue weighted by molar-refractivity contribution is 8.00. The van der Waals surface area contributed by atoms with E-state index in [-0.39, 0.29) is 10.8 Å². The van der Waals surface area contributed by atoms with Crippen LogP contribution in [0.1, 0.15) is 12.7 Å². The highest BCUT2D eigenvalue weighted by Crippen LogP contribution is 2.28. The summed E-state index contributed by atoms with van der Waals surface area (Å²) in [4.78, 5) is 12.7. The number of amides is 1. The van der Waals surface area contributed by atoms with Crippen LogP contribution in [0.4, 0.5) is 5.69 Å². The van der Waals surface area contributed by atoms with Crippen LogP contribution in [-0.4, -0.2) is 34.3 Å². The van der Waals surface area contributed by atoms with Gasteiger partial charge in [-0.15, -0.1) is 10.2 Å². The Morgan fingerprint density at radius 1 is 1.09 bits per heavy atom. The number of primary sulfonamides is 1. The lowest BCUT2D eigenvalue weighted by molar-refractivity contribution is -0.115. The molecule has 0 spiro atoms. The van der Waals surface area contributed by atoms with E-state index in [9.17, 15) is 13.2 Å². The second-order valence-electron chi connectivity index (χ2n) is 7.16. The van der Waals surface area contributed by atoms with E-state index in [1.165, 1.54) is 36.0 Å². The third-order valence-corrected chi connectivity index (χ3v) is 6.75. The van der Waals surface area contributed by atoms with Crippen molar-refractivity contribution in [1.29, 1.82) is 0 Å². The number of rotatable bonds is 8. The molecule has 33 heavy (non-hydrogen) atoms. The first kappa shape index (κ1) is 22.8. The van der Waals surface area contributed by atoms with Crippen molar-refractivity contribution in [2.75, 3.05) is 5.32 Å². The van der Waals surface area contributed by atoms with Crippen molar-refractivity contribution in [2.24, 2.45) is 5.14 Å². The zero-order valence-corrected chi connectivity index (χ0v) is 19.2. The van der Waals surface area contributed by atoms with E-state index < -0.39 is 15.3 Å². The van der Waals surface area contributed by atoms with E-state index in [4.69, 9.17) is 9.56 Å². The van der Waals surface area contributed by atoms with Gasteiger partial charge < -0.3 is 9.73 Å². The Kier molecular flexibility index (Phi) is 6.63. The summed E-state index contributed by atoms with van der Waals surface area (Å²) in [5.41, 5.74) is 1.36. The maximum Gasteiger partial charge on any atom is 0.238 e. The minimum Gasteiger partial charge on any atom is -0.467 e. The molecule has 0 radical (unpaired) electrons. The fourth-order valence-corrected chi connectivity index (χ4v) is 4.42. The Morgan fingerprint density at radius 2 is 1.82 bits per heavy atom. The third-order valence-electron chi connectivity index (χ3n) is 4.74. The van der Waals surface area contributed by atoms with Crippen molar-refractivity contribution in [3.63, 3.8) is 0 Å². The van der Waals surface area contributed by atoms with Gasteiger partial charge in [0.05, 0.1) is 23.0 Å². The summed E-state index contributed by atoms with van der Waals surface area (Å²) in [5, 5.41) is 16.6. The molecule has 170 valence electrons. The first-order chi connectivity index (χ1) is 15.8. The quantitative estimate of drug-likeness (QED) is 0.367. The van der Waals surface area contributed by atoms with Crippen LogP contribution in [-0.2, 0) is 21.4 Å². The van der Waals surface area contributed by atoms with E-state index >= 15 is 0 Å². The van der Waals surface area contributed by atoms with Gasteiger partial charge in [0, 0.05) is 11.3 Å². The van der Waals surface area contributed by atoms with Crippen LogP contribution in [0.25, 0.3) is 11.4 Å². The Bertz CT molecular complexity index is 1340. The normalized spacial score (nSPS) is 12.4. The molecule has 0 unspecified atom stereocenters. The first-order valence-electron chi connectivity index (χ1n) is 9.92. The van der Waals surface area contributed by atoms with Gasteiger partial charge in [0.25, 0.3) is 0 Å². The van der Waals surface area contributed by atoms with Crippen molar-refractivity contribution < 1.29 is 17.6 Å². The Morgan fingerprint density at radius 3 is 2.45 bits per heavy atom. The van der Waals surface area contributed by atoms with Gasteiger partial charge in [-0.3, -0.25) is 9.36 Å². The lowest BCUT2D eigenvalue weighted by Crippen LogP contribution is -2.23. The van der Waals surface area contributed by atoms with Gasteiger partial charge in [-0.05, 0) is 43.3 Å². The summed E-state index contributed by atoms with van der Waals surface area (Å²) in [6, 6.07) is 19.0. The minimum atomic E-state index is -3.79. The van der Waals surface area contributed by atoms with Crippen LogP contribution >= 0.6 is 11.8 Å². The average molecular weight is 484 g/mol. The lowest BCUT2D eigenvalue weighted by Gasteiger charge is -2.13. The molecule has 1 amide bonds. The molecular weight excluding hydrogens is 462 g/mol. The van der Waals surface area contributed by atoms with Gasteiger partial charge in [-0.1, -0.05) is 42.1 Å². The van der Waals surface area contributed by atoms with Crippen LogP contribution in [0, 0.1) is 0 Å². The molecular formula is C22H21N5O4S2. The van der Waals surface area contributed by atoms with Crippen molar-refractivity contribution in [3.8, 4) is 11.4 Å². The molecule has 0 aliphatic rings. The maximum absolute atomic E-state index is 12.8. The van der Waals surface area contributed by atoms with Gasteiger partial charge in [0.1, 0.15) is 5.76 Å². The molecule has 0 bridgehead atoms. The van der Waals surface area contributed by atoms with E-state index in [0.29, 0.717) is 23.2 Å². The highest BCUT2D eigenvalue weighted by Gasteiger charge is 2.22. The first-order valence-corrected chi connectivity index (χ1v) is 12.4. The van der Waals surface area contributed by atoms with E-state index in [2.05, 4.69) is 15.5 Å². The second-order valence-corrected chi connectivity index (χ2v) is 10.0. The Hall–Kier alpha value is -3.41. The largest absolute Gasteiger partial charge is 0.467 e. The standard InChI is InChI=1S/C22H21N5O4S2/c1-15(21(28)24-17-9-11-19(12-10-17)33(23,29)30)32-22-26-25-20(16-6-3-2-4-7-16)27(22)14-18-8-5-13-31-18/h2-13,15H,14H2,1H3,(H,24,28)(H2,23,29,30)/t15-/m1/s1. The molecule has 0 aliphatic heterocycles. The molecule has 0 saturated carbocycles. The van der Waals surface area contributed by atoms with Crippen LogP contribution in [0.3, 0.4) is 0 Å². The molecule has 0 saturated heterocycles. The highest BCUT2D eigenvalue weighted by atomic mass is 32.2. The number of hydrogen-bond donors (Lipinski definition) is 2. The number of thioether (sulfide) groups is 1. The number of furan rings is 1. The van der Waals surface area contributed by atoms with Gasteiger partial charge >= 0.3 is 0 Å². The smallest absolute Gasteiger partial charge is 0.238 e. The monoisotopic (exact) mass is 483 g/mol. The van der Waals surface area contributed by atoms with Crippen LogP contribution in [0.15, 0.2) is 87.5 Å². The second kappa shape index (κ2) is 9.61. The molecule has 0 aliphatic carbocycles. The number of aromatic nitrogens is 3. The molecule has 2 aromatic carbocycles. The number of carbonyl (C=O) groups is 1. The zero-order valence-electron chi connectivity index (χ0n) is 17.6. The summed E-state index contributed by atoms with van der Waals surface area (Å²) in [6.45, 7) is 2.17. The summed E-state index contributed by atoms with van der Waals surface area (Å²) >= 11 is 1.26. The van der Waals surface area contributed by atoms with E-state index in [1.807, 2.05) is 47.0 Å². The van der Waals surface area contributed by atoms with Crippen LogP contribution in [0.5, 0.6) is 0 Å². The van der Waals surface area contributed by atoms with Crippen molar-refractivity contribution >= 4 is 33.4 Å².